The van der Waals surface area contributed by atoms with E-state index in [2.05, 4.69) is 51.5 Å². The van der Waals surface area contributed by atoms with E-state index in [0.717, 1.165) is 25.3 Å². The number of nitrogens with zero attached hydrogens (tertiary/aromatic N) is 5. The highest BCUT2D eigenvalue weighted by Gasteiger charge is 2.28. The summed E-state index contributed by atoms with van der Waals surface area (Å²) in [5.41, 5.74) is 1.31. The van der Waals surface area contributed by atoms with E-state index in [1.807, 2.05) is 13.1 Å². The van der Waals surface area contributed by atoms with E-state index in [1.165, 1.54) is 11.9 Å². The van der Waals surface area contributed by atoms with Gasteiger partial charge in [-0.15, -0.1) is 0 Å². The number of nitrogens with one attached hydrogen (secondary N) is 1. The van der Waals surface area contributed by atoms with Gasteiger partial charge >= 0.3 is 6.03 Å². The molecule has 0 bridgehead atoms. The van der Waals surface area contributed by atoms with Gasteiger partial charge in [-0.3, -0.25) is 9.58 Å². The van der Waals surface area contributed by atoms with E-state index in [4.69, 9.17) is 0 Å². The Hall–Kier alpha value is -2.41. The predicted molar refractivity (Wildman–Crippen MR) is 95.8 cm³/mol. The van der Waals surface area contributed by atoms with E-state index < -0.39 is 0 Å². The highest BCUT2D eigenvalue weighted by molar-refractivity contribution is 5.74. The van der Waals surface area contributed by atoms with E-state index in [1.54, 1.807) is 16.6 Å². The molecule has 0 spiro atoms. The zero-order valence-corrected chi connectivity index (χ0v) is 15.1. The van der Waals surface area contributed by atoms with Gasteiger partial charge in [0.15, 0.2) is 0 Å². The number of rotatable bonds is 5. The summed E-state index contributed by atoms with van der Waals surface area (Å²) in [5, 5.41) is 7.17. The molecule has 1 aliphatic heterocycles. The number of aryl methyl sites for hydroxylation is 1. The zero-order chi connectivity index (χ0) is 17.8. The van der Waals surface area contributed by atoms with E-state index in [9.17, 15) is 4.79 Å². The molecular weight excluding hydrogens is 316 g/mol. The summed E-state index contributed by atoms with van der Waals surface area (Å²) in [5.74, 6) is 0.767. The third-order valence-electron chi connectivity index (χ3n) is 4.91. The number of carbonyl (C=O) groups is 1. The van der Waals surface area contributed by atoms with Gasteiger partial charge in [-0.1, -0.05) is 30.3 Å². The number of urea groups is 1. The van der Waals surface area contributed by atoms with Crippen LogP contribution in [0.25, 0.3) is 0 Å². The van der Waals surface area contributed by atoms with Crippen LogP contribution in [-0.4, -0.2) is 56.8 Å². The minimum absolute atomic E-state index is 0.0674. The summed E-state index contributed by atoms with van der Waals surface area (Å²) in [6.45, 7) is 4.53. The van der Waals surface area contributed by atoms with Gasteiger partial charge in [0, 0.05) is 39.3 Å². The van der Waals surface area contributed by atoms with Gasteiger partial charge in [0.2, 0.25) is 0 Å². The summed E-state index contributed by atoms with van der Waals surface area (Å²) < 4.78 is 1.68. The fourth-order valence-electron chi connectivity index (χ4n) is 3.23. The molecule has 2 aromatic rings. The van der Waals surface area contributed by atoms with Crippen LogP contribution in [-0.2, 0) is 13.6 Å². The van der Waals surface area contributed by atoms with Crippen LogP contribution < -0.4 is 5.32 Å². The molecule has 1 fully saturated rings. The summed E-state index contributed by atoms with van der Waals surface area (Å²) in [7, 11) is 3.61. The average Bonchev–Trinajstić information content (AvgIpc) is 3.24. The van der Waals surface area contributed by atoms with Gasteiger partial charge in [0.1, 0.15) is 12.2 Å². The summed E-state index contributed by atoms with van der Waals surface area (Å²) in [6, 6.07) is 11.0. The molecule has 2 heterocycles. The molecule has 25 heavy (non-hydrogen) atoms. The summed E-state index contributed by atoms with van der Waals surface area (Å²) >= 11 is 0. The first kappa shape index (κ1) is 17.4. The van der Waals surface area contributed by atoms with Crippen molar-refractivity contribution in [3.63, 3.8) is 0 Å². The molecule has 3 rings (SSSR count). The lowest BCUT2D eigenvalue weighted by Gasteiger charge is -2.25. The van der Waals surface area contributed by atoms with Crippen molar-refractivity contribution in [3.8, 4) is 0 Å². The van der Waals surface area contributed by atoms with Crippen molar-refractivity contribution in [2.45, 2.75) is 32.0 Å². The van der Waals surface area contributed by atoms with Gasteiger partial charge in [0.05, 0.1) is 6.54 Å². The second-order valence-corrected chi connectivity index (χ2v) is 6.67. The smallest absolute Gasteiger partial charge is 0.317 e. The van der Waals surface area contributed by atoms with E-state index in [0.29, 0.717) is 12.6 Å². The molecule has 0 saturated carbocycles. The molecule has 2 amide bonds. The lowest BCUT2D eigenvalue weighted by Crippen LogP contribution is -2.44. The molecule has 1 N–H and O–H groups in total. The van der Waals surface area contributed by atoms with Crippen LogP contribution in [0.1, 0.15) is 30.8 Å². The standard InChI is InChI=1S/C18H26N6O/c1-14(15-7-5-4-6-8-15)24-10-9-16(11-24)21-18(25)22(2)12-17-19-13-20-23(17)3/h4-8,13-14,16H,9-12H2,1-3H3,(H,21,25)/t14-,16+/m1/s1. The molecule has 7 nitrogen and oxygen atoms in total. The Bertz CT molecular complexity index is 701. The molecule has 0 unspecified atom stereocenters. The third-order valence-corrected chi connectivity index (χ3v) is 4.91. The minimum atomic E-state index is -0.0674. The van der Waals surface area contributed by atoms with Crippen LogP contribution in [0.3, 0.4) is 0 Å². The quantitative estimate of drug-likeness (QED) is 0.900. The van der Waals surface area contributed by atoms with Crippen molar-refractivity contribution >= 4 is 6.03 Å². The van der Waals surface area contributed by atoms with Crippen molar-refractivity contribution in [1.82, 2.24) is 29.9 Å². The zero-order valence-electron chi connectivity index (χ0n) is 15.1. The average molecular weight is 342 g/mol. The number of hydrogen-bond acceptors (Lipinski definition) is 4. The minimum Gasteiger partial charge on any atom is -0.334 e. The molecule has 1 aromatic heterocycles. The maximum Gasteiger partial charge on any atom is 0.317 e. The number of aromatic nitrogens is 3. The fourth-order valence-corrected chi connectivity index (χ4v) is 3.23. The second kappa shape index (κ2) is 7.65. The molecule has 0 radical (unpaired) electrons. The molecule has 0 aliphatic carbocycles. The van der Waals surface area contributed by atoms with Crippen molar-refractivity contribution in [2.24, 2.45) is 7.05 Å². The first-order chi connectivity index (χ1) is 12.0. The molecule has 1 saturated heterocycles. The summed E-state index contributed by atoms with van der Waals surface area (Å²) in [4.78, 5) is 20.6. The topological polar surface area (TPSA) is 66.3 Å². The van der Waals surface area contributed by atoms with Crippen LogP contribution in [0.5, 0.6) is 0 Å². The van der Waals surface area contributed by atoms with Crippen molar-refractivity contribution < 1.29 is 4.79 Å². The van der Waals surface area contributed by atoms with Gasteiger partial charge in [-0.25, -0.2) is 9.78 Å². The Morgan fingerprint density at radius 1 is 1.40 bits per heavy atom. The third kappa shape index (κ3) is 4.17. The van der Waals surface area contributed by atoms with Crippen LogP contribution >= 0.6 is 0 Å². The highest BCUT2D eigenvalue weighted by Crippen LogP contribution is 2.24. The largest absolute Gasteiger partial charge is 0.334 e. The number of amides is 2. The molecule has 1 aliphatic rings. The van der Waals surface area contributed by atoms with Crippen molar-refractivity contribution in [2.75, 3.05) is 20.1 Å². The SMILES string of the molecule is C[C@H](c1ccccc1)N1CC[C@H](NC(=O)N(C)Cc2ncnn2C)C1. The predicted octanol–water partition coefficient (Wildman–Crippen LogP) is 1.79. The Labute approximate surface area is 148 Å². The highest BCUT2D eigenvalue weighted by atomic mass is 16.2. The fraction of sp³-hybridized carbons (Fsp3) is 0.500. The number of carbonyl (C=O) groups excluding carboxylic acids is 1. The number of hydrogen-bond donors (Lipinski definition) is 1. The maximum atomic E-state index is 12.4. The maximum absolute atomic E-state index is 12.4. The normalized spacial score (nSPS) is 18.9. The molecular formula is C18H26N6O. The van der Waals surface area contributed by atoms with Gasteiger partial charge < -0.3 is 10.2 Å². The van der Waals surface area contributed by atoms with E-state index in [-0.39, 0.29) is 12.1 Å². The van der Waals surface area contributed by atoms with Gasteiger partial charge in [0.25, 0.3) is 0 Å². The molecule has 7 heteroatoms. The Balaban J connectivity index is 1.50. The monoisotopic (exact) mass is 342 g/mol. The lowest BCUT2D eigenvalue weighted by atomic mass is 10.1. The summed E-state index contributed by atoms with van der Waals surface area (Å²) in [6.07, 6.45) is 2.47. The molecule has 2 atom stereocenters. The molecule has 134 valence electrons. The second-order valence-electron chi connectivity index (χ2n) is 6.67. The van der Waals surface area contributed by atoms with Crippen LogP contribution in [0.2, 0.25) is 0 Å². The first-order valence-electron chi connectivity index (χ1n) is 8.68. The number of benzene rings is 1. The lowest BCUT2D eigenvalue weighted by molar-refractivity contribution is 0.199. The number of likely N-dealkylation sites (tertiary alicyclic amines) is 1. The van der Waals surface area contributed by atoms with Crippen molar-refractivity contribution in [1.29, 1.82) is 0 Å². The van der Waals surface area contributed by atoms with Gasteiger partial charge in [-0.2, -0.15) is 5.10 Å². The molecule has 1 aromatic carbocycles. The van der Waals surface area contributed by atoms with Crippen LogP contribution in [0.15, 0.2) is 36.7 Å². The van der Waals surface area contributed by atoms with Gasteiger partial charge in [-0.05, 0) is 18.9 Å². The van der Waals surface area contributed by atoms with Crippen molar-refractivity contribution in [3.05, 3.63) is 48.0 Å². The Morgan fingerprint density at radius 3 is 2.84 bits per heavy atom. The Morgan fingerprint density at radius 2 is 2.16 bits per heavy atom. The van der Waals surface area contributed by atoms with E-state index >= 15 is 0 Å². The Kier molecular flexibility index (Phi) is 5.33. The van der Waals surface area contributed by atoms with Crippen LogP contribution in [0.4, 0.5) is 4.79 Å². The first-order valence-corrected chi connectivity index (χ1v) is 8.68. The van der Waals surface area contributed by atoms with Crippen LogP contribution in [0, 0.1) is 0 Å².